The van der Waals surface area contributed by atoms with Gasteiger partial charge in [0.15, 0.2) is 0 Å². The van der Waals surface area contributed by atoms with E-state index in [0.29, 0.717) is 17.5 Å². The highest BCUT2D eigenvalue weighted by Crippen LogP contribution is 2.31. The first-order chi connectivity index (χ1) is 9.49. The van der Waals surface area contributed by atoms with Crippen molar-refractivity contribution in [1.82, 2.24) is 5.32 Å². The second-order valence-corrected chi connectivity index (χ2v) is 5.47. The van der Waals surface area contributed by atoms with Crippen molar-refractivity contribution < 1.29 is 14.7 Å². The molecule has 0 radical (unpaired) electrons. The highest BCUT2D eigenvalue weighted by atomic mass is 16.4. The van der Waals surface area contributed by atoms with Crippen LogP contribution in [0.3, 0.4) is 0 Å². The molecule has 3 unspecified atom stereocenters. The molecule has 3 atom stereocenters. The molecule has 5 nitrogen and oxygen atoms in total. The minimum absolute atomic E-state index is 0.0930. The molecule has 0 spiro atoms. The highest BCUT2D eigenvalue weighted by Gasteiger charge is 2.30. The van der Waals surface area contributed by atoms with Gasteiger partial charge in [0.25, 0.3) is 0 Å². The van der Waals surface area contributed by atoms with E-state index in [4.69, 9.17) is 5.11 Å². The third kappa shape index (κ3) is 3.10. The molecule has 1 fully saturated rings. The average molecular weight is 276 g/mol. The summed E-state index contributed by atoms with van der Waals surface area (Å²) in [4.78, 5) is 23.1. The Kier molecular flexibility index (Phi) is 4.27. The Morgan fingerprint density at radius 2 is 1.90 bits per heavy atom. The lowest BCUT2D eigenvalue weighted by molar-refractivity contribution is 0.0698. The number of carboxylic acid groups (broad SMARTS) is 1. The minimum atomic E-state index is -1.05. The average Bonchev–Trinajstić information content (AvgIpc) is 2.71. The Morgan fingerprint density at radius 1 is 1.20 bits per heavy atom. The van der Waals surface area contributed by atoms with Crippen molar-refractivity contribution in [2.75, 3.05) is 5.32 Å². The van der Waals surface area contributed by atoms with E-state index in [1.165, 1.54) is 6.07 Å². The quantitative estimate of drug-likeness (QED) is 0.794. The van der Waals surface area contributed by atoms with Crippen molar-refractivity contribution in [3.05, 3.63) is 29.8 Å². The number of hydrogen-bond donors (Lipinski definition) is 3. The maximum Gasteiger partial charge on any atom is 0.337 e. The number of aromatic carboxylic acids is 1. The number of para-hydroxylation sites is 1. The van der Waals surface area contributed by atoms with Crippen molar-refractivity contribution in [1.29, 1.82) is 0 Å². The van der Waals surface area contributed by atoms with E-state index >= 15 is 0 Å². The number of anilines is 1. The van der Waals surface area contributed by atoms with Gasteiger partial charge >= 0.3 is 12.0 Å². The predicted molar refractivity (Wildman–Crippen MR) is 76.9 cm³/mol. The van der Waals surface area contributed by atoms with Gasteiger partial charge in [-0.05, 0) is 36.8 Å². The van der Waals surface area contributed by atoms with E-state index in [-0.39, 0.29) is 17.6 Å². The zero-order valence-electron chi connectivity index (χ0n) is 11.7. The van der Waals surface area contributed by atoms with Crippen LogP contribution in [0.4, 0.5) is 10.5 Å². The van der Waals surface area contributed by atoms with E-state index in [0.717, 1.165) is 12.8 Å². The molecule has 2 amide bonds. The van der Waals surface area contributed by atoms with Gasteiger partial charge in [0.1, 0.15) is 0 Å². The van der Waals surface area contributed by atoms with E-state index in [2.05, 4.69) is 24.5 Å². The molecule has 1 aromatic rings. The number of carboxylic acids is 1. The van der Waals surface area contributed by atoms with Crippen molar-refractivity contribution in [2.45, 2.75) is 32.7 Å². The van der Waals surface area contributed by atoms with Crippen molar-refractivity contribution >= 4 is 17.7 Å². The molecule has 3 N–H and O–H groups in total. The van der Waals surface area contributed by atoms with Gasteiger partial charge in [-0.2, -0.15) is 0 Å². The number of benzene rings is 1. The number of carbonyl (C=O) groups excluding carboxylic acids is 1. The van der Waals surface area contributed by atoms with Crippen LogP contribution in [0.2, 0.25) is 0 Å². The molecule has 1 aliphatic carbocycles. The number of nitrogens with one attached hydrogen (secondary N) is 2. The van der Waals surface area contributed by atoms with E-state index in [1.807, 2.05) is 0 Å². The fourth-order valence-electron chi connectivity index (χ4n) is 2.67. The summed E-state index contributed by atoms with van der Waals surface area (Å²) in [5.41, 5.74) is 0.409. The van der Waals surface area contributed by atoms with Crippen LogP contribution in [0.5, 0.6) is 0 Å². The van der Waals surface area contributed by atoms with Crippen molar-refractivity contribution in [3.63, 3.8) is 0 Å². The molecule has 1 aromatic carbocycles. The second-order valence-electron chi connectivity index (χ2n) is 5.47. The van der Waals surface area contributed by atoms with Gasteiger partial charge < -0.3 is 15.7 Å². The molecule has 0 bridgehead atoms. The van der Waals surface area contributed by atoms with Gasteiger partial charge in [0.05, 0.1) is 11.3 Å². The fraction of sp³-hybridized carbons (Fsp3) is 0.467. The molecule has 0 heterocycles. The lowest BCUT2D eigenvalue weighted by Gasteiger charge is -2.20. The van der Waals surface area contributed by atoms with Crippen molar-refractivity contribution in [2.24, 2.45) is 11.8 Å². The Balaban J connectivity index is 2.00. The summed E-state index contributed by atoms with van der Waals surface area (Å²) >= 11 is 0. The Labute approximate surface area is 118 Å². The molecule has 0 aromatic heterocycles. The molecule has 5 heteroatoms. The fourth-order valence-corrected chi connectivity index (χ4v) is 2.67. The third-order valence-corrected chi connectivity index (χ3v) is 4.19. The largest absolute Gasteiger partial charge is 0.478 e. The summed E-state index contributed by atoms with van der Waals surface area (Å²) in [6.07, 6.45) is 2.08. The smallest absolute Gasteiger partial charge is 0.337 e. The summed E-state index contributed by atoms with van der Waals surface area (Å²) in [5.74, 6) is -0.00849. The van der Waals surface area contributed by atoms with Crippen LogP contribution in [-0.4, -0.2) is 23.1 Å². The second kappa shape index (κ2) is 5.94. The number of urea groups is 1. The number of rotatable bonds is 3. The summed E-state index contributed by atoms with van der Waals surface area (Å²) < 4.78 is 0. The Hall–Kier alpha value is -2.04. The van der Waals surface area contributed by atoms with Gasteiger partial charge in [-0.3, -0.25) is 0 Å². The first-order valence-corrected chi connectivity index (χ1v) is 6.89. The lowest BCUT2D eigenvalue weighted by Crippen LogP contribution is -2.40. The molecular weight excluding hydrogens is 256 g/mol. The highest BCUT2D eigenvalue weighted by molar-refractivity contribution is 6.00. The SMILES string of the molecule is CC1CCC(NC(=O)Nc2ccccc2C(=O)O)C1C. The first-order valence-electron chi connectivity index (χ1n) is 6.89. The summed E-state index contributed by atoms with van der Waals surface area (Å²) in [5, 5.41) is 14.6. The van der Waals surface area contributed by atoms with Crippen LogP contribution in [0.25, 0.3) is 0 Å². The molecule has 2 rings (SSSR count). The zero-order chi connectivity index (χ0) is 14.7. The van der Waals surface area contributed by atoms with Gasteiger partial charge in [-0.25, -0.2) is 9.59 Å². The number of hydrogen-bond acceptors (Lipinski definition) is 2. The Morgan fingerprint density at radius 3 is 2.50 bits per heavy atom. The van der Waals surface area contributed by atoms with Crippen LogP contribution in [0.15, 0.2) is 24.3 Å². The number of amides is 2. The lowest BCUT2D eigenvalue weighted by atomic mass is 9.98. The van der Waals surface area contributed by atoms with E-state index in [9.17, 15) is 9.59 Å². The maximum absolute atomic E-state index is 12.0. The third-order valence-electron chi connectivity index (χ3n) is 4.19. The summed E-state index contributed by atoms with van der Waals surface area (Å²) in [6, 6.07) is 6.20. The standard InChI is InChI=1S/C15H20N2O3/c1-9-7-8-12(10(9)2)16-15(20)17-13-6-4-3-5-11(13)14(18)19/h3-6,9-10,12H,7-8H2,1-2H3,(H,18,19)(H2,16,17,20). The Bertz CT molecular complexity index is 516. The summed E-state index contributed by atoms with van der Waals surface area (Å²) in [6.45, 7) is 4.32. The van der Waals surface area contributed by atoms with Gasteiger partial charge in [-0.15, -0.1) is 0 Å². The topological polar surface area (TPSA) is 78.4 Å². The van der Waals surface area contributed by atoms with E-state index in [1.54, 1.807) is 18.2 Å². The van der Waals surface area contributed by atoms with Crippen LogP contribution in [-0.2, 0) is 0 Å². The molecular formula is C15H20N2O3. The summed E-state index contributed by atoms with van der Waals surface area (Å²) in [7, 11) is 0. The molecule has 1 saturated carbocycles. The van der Waals surface area contributed by atoms with Gasteiger partial charge in [-0.1, -0.05) is 26.0 Å². The monoisotopic (exact) mass is 276 g/mol. The van der Waals surface area contributed by atoms with Gasteiger partial charge in [0, 0.05) is 6.04 Å². The van der Waals surface area contributed by atoms with Crippen LogP contribution in [0.1, 0.15) is 37.0 Å². The normalized spacial score (nSPS) is 25.2. The first kappa shape index (κ1) is 14.4. The van der Waals surface area contributed by atoms with Crippen molar-refractivity contribution in [3.8, 4) is 0 Å². The minimum Gasteiger partial charge on any atom is -0.478 e. The maximum atomic E-state index is 12.0. The molecule has 0 aliphatic heterocycles. The van der Waals surface area contributed by atoms with Crippen LogP contribution >= 0.6 is 0 Å². The molecule has 20 heavy (non-hydrogen) atoms. The van der Waals surface area contributed by atoms with Crippen LogP contribution < -0.4 is 10.6 Å². The molecule has 1 aliphatic rings. The zero-order valence-corrected chi connectivity index (χ0v) is 11.7. The van der Waals surface area contributed by atoms with Crippen LogP contribution in [0, 0.1) is 11.8 Å². The molecule has 0 saturated heterocycles. The van der Waals surface area contributed by atoms with E-state index < -0.39 is 5.97 Å². The number of carbonyl (C=O) groups is 2. The predicted octanol–water partition coefficient (Wildman–Crippen LogP) is 2.94. The van der Waals surface area contributed by atoms with Gasteiger partial charge in [0.2, 0.25) is 0 Å². The molecule has 108 valence electrons.